The van der Waals surface area contributed by atoms with Crippen LogP contribution in [0.5, 0.6) is 0 Å². The fourth-order valence-corrected chi connectivity index (χ4v) is 4.45. The van der Waals surface area contributed by atoms with Crippen LogP contribution in [0.1, 0.15) is 36.0 Å². The van der Waals surface area contributed by atoms with E-state index in [4.69, 9.17) is 0 Å². The van der Waals surface area contributed by atoms with E-state index in [-0.39, 0.29) is 24.1 Å². The summed E-state index contributed by atoms with van der Waals surface area (Å²) in [6.45, 7) is 3.48. The molecule has 2 saturated heterocycles. The molecule has 1 aromatic carbocycles. The Balaban J connectivity index is 1.29. The van der Waals surface area contributed by atoms with E-state index in [1.54, 1.807) is 29.2 Å². The van der Waals surface area contributed by atoms with Crippen molar-refractivity contribution in [2.45, 2.75) is 30.9 Å². The van der Waals surface area contributed by atoms with Gasteiger partial charge in [-0.15, -0.1) is 0 Å². The molecule has 7 nitrogen and oxygen atoms in total. The smallest absolute Gasteiger partial charge is 0.262 e. The van der Waals surface area contributed by atoms with E-state index in [1.165, 1.54) is 11.8 Å². The number of rotatable bonds is 4. The molecule has 0 spiro atoms. The van der Waals surface area contributed by atoms with Gasteiger partial charge in [0.25, 0.3) is 11.8 Å². The molecule has 2 fully saturated rings. The molecule has 1 atom stereocenters. The topological polar surface area (TPSA) is 82.1 Å². The Labute approximate surface area is 162 Å². The fraction of sp³-hybridized carbons (Fsp3) is 0.474. The van der Waals surface area contributed by atoms with Crippen molar-refractivity contribution in [3.8, 4) is 0 Å². The molecule has 27 heavy (non-hydrogen) atoms. The molecule has 3 aliphatic rings. The van der Waals surface area contributed by atoms with Crippen molar-refractivity contribution < 1.29 is 14.4 Å². The van der Waals surface area contributed by atoms with Crippen LogP contribution in [-0.2, 0) is 9.59 Å². The highest BCUT2D eigenvalue weighted by Gasteiger charge is 2.33. The van der Waals surface area contributed by atoms with Crippen LogP contribution < -0.4 is 5.32 Å². The summed E-state index contributed by atoms with van der Waals surface area (Å²) >= 11 is 1.39. The average Bonchev–Trinajstić information content (AvgIpc) is 3.24. The molecular formula is C19H22N4O3S. The van der Waals surface area contributed by atoms with Gasteiger partial charge in [-0.2, -0.15) is 4.99 Å². The molecule has 0 bridgehead atoms. The third-order valence-corrected chi connectivity index (χ3v) is 6.25. The number of thioether (sulfide) groups is 1. The number of aliphatic imine (C=N–C) groups is 1. The number of anilines is 1. The number of carbonyl (C=O) groups is 3. The van der Waals surface area contributed by atoms with Crippen molar-refractivity contribution in [2.24, 2.45) is 4.99 Å². The zero-order valence-electron chi connectivity index (χ0n) is 15.0. The molecule has 1 aromatic rings. The van der Waals surface area contributed by atoms with E-state index in [2.05, 4.69) is 15.2 Å². The third-order valence-electron chi connectivity index (χ3n) is 5.04. The van der Waals surface area contributed by atoms with Crippen LogP contribution in [-0.4, -0.2) is 64.1 Å². The minimum absolute atomic E-state index is 0.0265. The quantitative estimate of drug-likeness (QED) is 0.855. The lowest BCUT2D eigenvalue weighted by atomic mass is 10.1. The Morgan fingerprint density at radius 1 is 1.07 bits per heavy atom. The molecule has 1 N–H and O–H groups in total. The van der Waals surface area contributed by atoms with Crippen molar-refractivity contribution in [1.29, 1.82) is 0 Å². The standard InChI is InChI=1S/C19H22N4O3S/c24-16(12-15-17(25)21-19(27-15)23-8-1-2-9-23)20-14-6-4-13(5-7-14)18(26)22-10-3-11-22/h4-7,15H,1-3,8-12H2,(H,20,24)/t15-/m1/s1. The number of benzene rings is 1. The summed E-state index contributed by atoms with van der Waals surface area (Å²) in [6.07, 6.45) is 3.39. The van der Waals surface area contributed by atoms with Gasteiger partial charge in [0, 0.05) is 43.9 Å². The van der Waals surface area contributed by atoms with Crippen molar-refractivity contribution in [3.63, 3.8) is 0 Å². The van der Waals surface area contributed by atoms with Crippen LogP contribution in [0.25, 0.3) is 0 Å². The van der Waals surface area contributed by atoms with Crippen LogP contribution in [0, 0.1) is 0 Å². The number of nitrogens with zero attached hydrogens (tertiary/aromatic N) is 3. The molecule has 0 unspecified atom stereocenters. The number of nitrogens with one attached hydrogen (secondary N) is 1. The summed E-state index contributed by atoms with van der Waals surface area (Å²) < 4.78 is 0. The second kappa shape index (κ2) is 7.72. The lowest BCUT2D eigenvalue weighted by Crippen LogP contribution is -2.41. The van der Waals surface area contributed by atoms with Crippen molar-refractivity contribution >= 4 is 40.3 Å². The minimum Gasteiger partial charge on any atom is -0.351 e. The second-order valence-electron chi connectivity index (χ2n) is 7.01. The molecule has 0 aliphatic carbocycles. The number of hydrogen-bond donors (Lipinski definition) is 1. The zero-order chi connectivity index (χ0) is 18.8. The summed E-state index contributed by atoms with van der Waals surface area (Å²) in [5.41, 5.74) is 1.24. The Morgan fingerprint density at radius 3 is 2.41 bits per heavy atom. The van der Waals surface area contributed by atoms with Gasteiger partial charge in [0.2, 0.25) is 5.91 Å². The first-order valence-electron chi connectivity index (χ1n) is 9.33. The van der Waals surface area contributed by atoms with Gasteiger partial charge < -0.3 is 15.1 Å². The van der Waals surface area contributed by atoms with Gasteiger partial charge in [-0.1, -0.05) is 11.8 Å². The van der Waals surface area contributed by atoms with E-state index >= 15 is 0 Å². The summed E-state index contributed by atoms with van der Waals surface area (Å²) in [5.74, 6) is -0.424. The summed E-state index contributed by atoms with van der Waals surface area (Å²) in [4.78, 5) is 44.6. The highest BCUT2D eigenvalue weighted by atomic mass is 32.2. The second-order valence-corrected chi connectivity index (χ2v) is 8.18. The van der Waals surface area contributed by atoms with Gasteiger partial charge in [-0.3, -0.25) is 14.4 Å². The van der Waals surface area contributed by atoms with Gasteiger partial charge in [0.05, 0.1) is 0 Å². The lowest BCUT2D eigenvalue weighted by Gasteiger charge is -2.30. The highest BCUT2D eigenvalue weighted by molar-refractivity contribution is 8.15. The molecule has 3 aliphatic heterocycles. The molecule has 3 amide bonds. The van der Waals surface area contributed by atoms with Crippen LogP contribution >= 0.6 is 11.8 Å². The summed E-state index contributed by atoms with van der Waals surface area (Å²) in [7, 11) is 0. The molecule has 0 saturated carbocycles. The Bertz CT molecular complexity index is 783. The minimum atomic E-state index is -0.451. The van der Waals surface area contributed by atoms with Gasteiger partial charge >= 0.3 is 0 Å². The number of amidine groups is 1. The van der Waals surface area contributed by atoms with E-state index in [9.17, 15) is 14.4 Å². The first kappa shape index (κ1) is 18.0. The van der Waals surface area contributed by atoms with Gasteiger partial charge in [0.1, 0.15) is 5.25 Å². The highest BCUT2D eigenvalue weighted by Crippen LogP contribution is 2.29. The number of carbonyl (C=O) groups excluding carboxylic acids is 3. The molecule has 8 heteroatoms. The van der Waals surface area contributed by atoms with Crippen LogP contribution in [0.4, 0.5) is 5.69 Å². The van der Waals surface area contributed by atoms with E-state index in [0.29, 0.717) is 11.3 Å². The maximum Gasteiger partial charge on any atom is 0.262 e. The average molecular weight is 386 g/mol. The van der Waals surface area contributed by atoms with Crippen molar-refractivity contribution in [2.75, 3.05) is 31.5 Å². The molecular weight excluding hydrogens is 364 g/mol. The third kappa shape index (κ3) is 4.00. The first-order valence-corrected chi connectivity index (χ1v) is 10.2. The van der Waals surface area contributed by atoms with Crippen LogP contribution in [0.15, 0.2) is 29.3 Å². The van der Waals surface area contributed by atoms with Crippen LogP contribution in [0.2, 0.25) is 0 Å². The maximum atomic E-state index is 12.3. The first-order chi connectivity index (χ1) is 13.1. The fourth-order valence-electron chi connectivity index (χ4n) is 3.33. The van der Waals surface area contributed by atoms with E-state index in [1.807, 2.05) is 0 Å². The SMILES string of the molecule is O=C(C[C@H]1SC(N2CCCC2)=NC1=O)Nc1ccc(C(=O)N2CCC2)cc1. The monoisotopic (exact) mass is 386 g/mol. The van der Waals surface area contributed by atoms with Crippen LogP contribution in [0.3, 0.4) is 0 Å². The number of hydrogen-bond acceptors (Lipinski definition) is 5. The number of amides is 3. The van der Waals surface area contributed by atoms with Gasteiger partial charge in [-0.05, 0) is 43.5 Å². The zero-order valence-corrected chi connectivity index (χ0v) is 15.8. The predicted octanol–water partition coefficient (Wildman–Crippen LogP) is 1.95. The predicted molar refractivity (Wildman–Crippen MR) is 105 cm³/mol. The number of likely N-dealkylation sites (tertiary alicyclic amines) is 2. The Morgan fingerprint density at radius 2 is 1.78 bits per heavy atom. The van der Waals surface area contributed by atoms with Crippen molar-refractivity contribution in [3.05, 3.63) is 29.8 Å². The normalized spacial score (nSPS) is 21.9. The molecule has 0 aromatic heterocycles. The Kier molecular flexibility index (Phi) is 5.15. The summed E-state index contributed by atoms with van der Waals surface area (Å²) in [5, 5.41) is 3.11. The van der Waals surface area contributed by atoms with E-state index in [0.717, 1.165) is 50.6 Å². The molecule has 142 valence electrons. The molecule has 4 rings (SSSR count). The summed E-state index contributed by atoms with van der Waals surface area (Å²) in [6, 6.07) is 6.89. The largest absolute Gasteiger partial charge is 0.351 e. The van der Waals surface area contributed by atoms with Gasteiger partial charge in [-0.25, -0.2) is 0 Å². The molecule has 0 radical (unpaired) electrons. The van der Waals surface area contributed by atoms with Gasteiger partial charge in [0.15, 0.2) is 5.17 Å². The maximum absolute atomic E-state index is 12.3. The van der Waals surface area contributed by atoms with E-state index < -0.39 is 5.25 Å². The van der Waals surface area contributed by atoms with Crippen molar-refractivity contribution in [1.82, 2.24) is 9.80 Å². The Hall–Kier alpha value is -2.35. The molecule has 3 heterocycles. The lowest BCUT2D eigenvalue weighted by molar-refractivity contribution is -0.121.